The monoisotopic (exact) mass is 179 g/mol. The predicted octanol–water partition coefficient (Wildman–Crippen LogP) is 2.70. The van der Waals surface area contributed by atoms with Crippen molar-refractivity contribution in [2.75, 3.05) is 0 Å². The summed E-state index contributed by atoms with van der Waals surface area (Å²) in [6, 6.07) is 1.44. The van der Waals surface area contributed by atoms with Gasteiger partial charge in [-0.05, 0) is 6.07 Å². The van der Waals surface area contributed by atoms with Crippen LogP contribution in [0.2, 0.25) is 0 Å². The SMILES string of the molecule is Fc1cnccc1C(Cl)Cl. The molecule has 4 heteroatoms. The first-order valence-corrected chi connectivity index (χ1v) is 3.46. The summed E-state index contributed by atoms with van der Waals surface area (Å²) in [5, 5.41) is 0. The van der Waals surface area contributed by atoms with Gasteiger partial charge in [-0.15, -0.1) is 0 Å². The Hall–Kier alpha value is -0.340. The Morgan fingerprint density at radius 1 is 1.50 bits per heavy atom. The summed E-state index contributed by atoms with van der Waals surface area (Å²) in [5.41, 5.74) is 0.262. The molecule has 54 valence electrons. The van der Waals surface area contributed by atoms with Gasteiger partial charge in [-0.25, -0.2) is 4.39 Å². The van der Waals surface area contributed by atoms with Crippen LogP contribution in [-0.4, -0.2) is 4.98 Å². The molecule has 0 bridgehead atoms. The van der Waals surface area contributed by atoms with Gasteiger partial charge < -0.3 is 0 Å². The van der Waals surface area contributed by atoms with Crippen LogP contribution in [0, 0.1) is 5.82 Å². The first-order valence-electron chi connectivity index (χ1n) is 2.59. The smallest absolute Gasteiger partial charge is 0.147 e. The third-order valence-corrected chi connectivity index (χ3v) is 1.51. The molecule has 0 N–H and O–H groups in total. The molecule has 1 rings (SSSR count). The van der Waals surface area contributed by atoms with E-state index in [1.807, 2.05) is 0 Å². The number of rotatable bonds is 1. The molecule has 0 radical (unpaired) electrons. The second kappa shape index (κ2) is 3.17. The van der Waals surface area contributed by atoms with Crippen LogP contribution in [-0.2, 0) is 0 Å². The molecule has 0 amide bonds. The molecule has 0 unspecified atom stereocenters. The van der Waals surface area contributed by atoms with Crippen molar-refractivity contribution in [2.45, 2.75) is 4.84 Å². The van der Waals surface area contributed by atoms with Crippen LogP contribution < -0.4 is 0 Å². The average Bonchev–Trinajstić information content (AvgIpc) is 1.88. The fourth-order valence-electron chi connectivity index (χ4n) is 0.563. The van der Waals surface area contributed by atoms with E-state index in [1.54, 1.807) is 0 Å². The van der Waals surface area contributed by atoms with Gasteiger partial charge in [0.25, 0.3) is 0 Å². The van der Waals surface area contributed by atoms with Gasteiger partial charge in [0.1, 0.15) is 10.7 Å². The lowest BCUT2D eigenvalue weighted by atomic mass is 10.3. The van der Waals surface area contributed by atoms with E-state index in [0.717, 1.165) is 6.20 Å². The predicted molar refractivity (Wildman–Crippen MR) is 38.6 cm³/mol. The highest BCUT2D eigenvalue weighted by atomic mass is 35.5. The Morgan fingerprint density at radius 2 is 2.20 bits per heavy atom. The summed E-state index contributed by atoms with van der Waals surface area (Å²) in [4.78, 5) is 2.72. The van der Waals surface area contributed by atoms with E-state index in [0.29, 0.717) is 0 Å². The van der Waals surface area contributed by atoms with Crippen LogP contribution in [0.3, 0.4) is 0 Å². The van der Waals surface area contributed by atoms with Crippen molar-refractivity contribution in [1.29, 1.82) is 0 Å². The molecule has 0 aromatic carbocycles. The summed E-state index contributed by atoms with van der Waals surface area (Å²) in [5.74, 6) is -0.475. The molecule has 0 saturated heterocycles. The highest BCUT2D eigenvalue weighted by Gasteiger charge is 2.07. The van der Waals surface area contributed by atoms with Crippen LogP contribution in [0.5, 0.6) is 0 Å². The van der Waals surface area contributed by atoms with Crippen LogP contribution in [0.15, 0.2) is 18.5 Å². The standard InChI is InChI=1S/C6H4Cl2FN/c7-6(8)4-1-2-10-3-5(4)9/h1-3,6H. The Kier molecular flexibility index (Phi) is 2.46. The molecule has 0 spiro atoms. The Bertz CT molecular complexity index is 227. The first kappa shape index (κ1) is 7.76. The number of halogens is 3. The average molecular weight is 180 g/mol. The van der Waals surface area contributed by atoms with Gasteiger partial charge in [0.15, 0.2) is 0 Å². The van der Waals surface area contributed by atoms with E-state index in [-0.39, 0.29) is 5.56 Å². The summed E-state index contributed by atoms with van der Waals surface area (Å²) in [6.45, 7) is 0. The lowest BCUT2D eigenvalue weighted by Gasteiger charge is -1.99. The zero-order chi connectivity index (χ0) is 7.56. The second-order valence-corrected chi connectivity index (χ2v) is 2.79. The van der Waals surface area contributed by atoms with Crippen molar-refractivity contribution in [1.82, 2.24) is 4.98 Å². The highest BCUT2D eigenvalue weighted by molar-refractivity contribution is 6.44. The summed E-state index contributed by atoms with van der Waals surface area (Å²) in [6.07, 6.45) is 2.52. The molecular formula is C6H4Cl2FN. The molecule has 0 aliphatic rings. The molecule has 1 aromatic rings. The molecule has 10 heavy (non-hydrogen) atoms. The van der Waals surface area contributed by atoms with Crippen molar-refractivity contribution in [3.05, 3.63) is 29.8 Å². The van der Waals surface area contributed by atoms with Crippen molar-refractivity contribution in [3.8, 4) is 0 Å². The van der Waals surface area contributed by atoms with E-state index in [9.17, 15) is 4.39 Å². The molecular weight excluding hydrogens is 176 g/mol. The normalized spacial score (nSPS) is 10.4. The number of pyridine rings is 1. The third kappa shape index (κ3) is 1.58. The molecule has 0 fully saturated rings. The van der Waals surface area contributed by atoms with Gasteiger partial charge in [-0.3, -0.25) is 4.98 Å². The maximum atomic E-state index is 12.6. The Balaban J connectivity index is 3.03. The van der Waals surface area contributed by atoms with Crippen LogP contribution in [0.1, 0.15) is 10.4 Å². The maximum absolute atomic E-state index is 12.6. The molecule has 0 aliphatic carbocycles. The van der Waals surface area contributed by atoms with E-state index in [1.165, 1.54) is 12.3 Å². The van der Waals surface area contributed by atoms with E-state index >= 15 is 0 Å². The van der Waals surface area contributed by atoms with Gasteiger partial charge in [-0.2, -0.15) is 0 Å². The van der Waals surface area contributed by atoms with Crippen molar-refractivity contribution >= 4 is 23.2 Å². The van der Waals surface area contributed by atoms with E-state index < -0.39 is 10.7 Å². The topological polar surface area (TPSA) is 12.9 Å². The van der Waals surface area contributed by atoms with Crippen molar-refractivity contribution in [3.63, 3.8) is 0 Å². The highest BCUT2D eigenvalue weighted by Crippen LogP contribution is 2.25. The minimum atomic E-state index is -0.817. The third-order valence-electron chi connectivity index (χ3n) is 1.04. The van der Waals surface area contributed by atoms with Crippen LogP contribution in [0.4, 0.5) is 4.39 Å². The lowest BCUT2D eigenvalue weighted by Crippen LogP contribution is -1.88. The van der Waals surface area contributed by atoms with Crippen LogP contribution >= 0.6 is 23.2 Å². The van der Waals surface area contributed by atoms with Crippen LogP contribution in [0.25, 0.3) is 0 Å². The zero-order valence-corrected chi connectivity index (χ0v) is 6.40. The fraction of sp³-hybridized carbons (Fsp3) is 0.167. The molecule has 0 saturated carbocycles. The molecule has 0 atom stereocenters. The number of aromatic nitrogens is 1. The zero-order valence-electron chi connectivity index (χ0n) is 4.89. The summed E-state index contributed by atoms with van der Waals surface area (Å²) in [7, 11) is 0. The van der Waals surface area contributed by atoms with Gasteiger partial charge in [0, 0.05) is 11.8 Å². The van der Waals surface area contributed by atoms with E-state index in [4.69, 9.17) is 23.2 Å². The van der Waals surface area contributed by atoms with Gasteiger partial charge in [-0.1, -0.05) is 23.2 Å². The van der Waals surface area contributed by atoms with Gasteiger partial charge in [0.2, 0.25) is 0 Å². The molecule has 1 nitrogen and oxygen atoms in total. The first-order chi connectivity index (χ1) is 4.72. The lowest BCUT2D eigenvalue weighted by molar-refractivity contribution is 0.609. The Morgan fingerprint density at radius 3 is 2.60 bits per heavy atom. The van der Waals surface area contributed by atoms with Crippen molar-refractivity contribution in [2.24, 2.45) is 0 Å². The molecule has 1 aromatic heterocycles. The van der Waals surface area contributed by atoms with Gasteiger partial charge in [0.05, 0.1) is 6.20 Å². The summed E-state index contributed by atoms with van der Waals surface area (Å²) < 4.78 is 12.6. The van der Waals surface area contributed by atoms with E-state index in [2.05, 4.69) is 4.98 Å². The fourth-order valence-corrected chi connectivity index (χ4v) is 0.917. The minimum Gasteiger partial charge on any atom is -0.262 e. The number of nitrogens with zero attached hydrogens (tertiary/aromatic N) is 1. The quantitative estimate of drug-likeness (QED) is 0.605. The number of hydrogen-bond acceptors (Lipinski definition) is 1. The number of hydrogen-bond donors (Lipinski definition) is 0. The Labute approximate surface area is 67.8 Å². The largest absolute Gasteiger partial charge is 0.262 e. The van der Waals surface area contributed by atoms with Crippen molar-refractivity contribution < 1.29 is 4.39 Å². The molecule has 0 aliphatic heterocycles. The summed E-state index contributed by atoms with van der Waals surface area (Å²) >= 11 is 10.8. The number of alkyl halides is 2. The second-order valence-electron chi connectivity index (χ2n) is 1.70. The van der Waals surface area contributed by atoms with Gasteiger partial charge >= 0.3 is 0 Å². The maximum Gasteiger partial charge on any atom is 0.147 e. The minimum absolute atomic E-state index is 0.262. The molecule has 1 heterocycles.